The van der Waals surface area contributed by atoms with Crippen molar-refractivity contribution in [1.82, 2.24) is 9.88 Å². The van der Waals surface area contributed by atoms with E-state index >= 15 is 0 Å². The number of primary amides is 1. The van der Waals surface area contributed by atoms with Crippen LogP contribution in [-0.4, -0.2) is 42.0 Å². The summed E-state index contributed by atoms with van der Waals surface area (Å²) < 4.78 is 0. The third-order valence-electron chi connectivity index (χ3n) is 7.29. The number of nitrogens with two attached hydrogens (primary N) is 1. The molecule has 2 heterocycles. The van der Waals surface area contributed by atoms with Crippen LogP contribution in [0.25, 0.3) is 32.9 Å². The number of piperazine rings is 1. The number of nitrogens with zero attached hydrogens (tertiary/aromatic N) is 2. The minimum atomic E-state index is -0.421. The molecule has 6 rings (SSSR count). The molecule has 5 heteroatoms. The molecule has 0 aliphatic carbocycles. The van der Waals surface area contributed by atoms with Crippen molar-refractivity contribution in [3.63, 3.8) is 0 Å². The molecule has 0 unspecified atom stereocenters. The molecule has 1 saturated heterocycles. The lowest BCUT2D eigenvalue weighted by atomic mass is 9.98. The molecule has 5 aromatic rings. The van der Waals surface area contributed by atoms with Crippen LogP contribution in [0, 0.1) is 6.92 Å². The number of aromatic amines is 1. The first-order valence-electron chi connectivity index (χ1n) is 12.5. The van der Waals surface area contributed by atoms with Crippen LogP contribution in [0.5, 0.6) is 0 Å². The molecule has 0 bridgehead atoms. The summed E-state index contributed by atoms with van der Waals surface area (Å²) in [5.41, 5.74) is 14.0. The van der Waals surface area contributed by atoms with Gasteiger partial charge in [0, 0.05) is 54.7 Å². The van der Waals surface area contributed by atoms with Crippen molar-refractivity contribution in [3.8, 4) is 11.1 Å². The second-order valence-electron chi connectivity index (χ2n) is 9.78. The summed E-state index contributed by atoms with van der Waals surface area (Å²) in [5.74, 6) is -0.421. The van der Waals surface area contributed by atoms with Gasteiger partial charge < -0.3 is 15.6 Å². The van der Waals surface area contributed by atoms with Gasteiger partial charge in [-0.2, -0.15) is 0 Å². The molecule has 1 aromatic heterocycles. The van der Waals surface area contributed by atoms with E-state index in [9.17, 15) is 4.79 Å². The van der Waals surface area contributed by atoms with Crippen LogP contribution < -0.4 is 10.6 Å². The number of carbonyl (C=O) groups is 1. The van der Waals surface area contributed by atoms with Gasteiger partial charge in [0.05, 0.1) is 11.1 Å². The van der Waals surface area contributed by atoms with Gasteiger partial charge >= 0.3 is 0 Å². The Morgan fingerprint density at radius 3 is 2.39 bits per heavy atom. The van der Waals surface area contributed by atoms with Crippen LogP contribution >= 0.6 is 0 Å². The van der Waals surface area contributed by atoms with E-state index in [1.165, 1.54) is 16.8 Å². The van der Waals surface area contributed by atoms with Crippen molar-refractivity contribution in [1.29, 1.82) is 0 Å². The lowest BCUT2D eigenvalue weighted by Crippen LogP contribution is -2.45. The molecule has 180 valence electrons. The van der Waals surface area contributed by atoms with Gasteiger partial charge in [0.2, 0.25) is 0 Å². The van der Waals surface area contributed by atoms with Crippen molar-refractivity contribution < 1.29 is 4.79 Å². The Morgan fingerprint density at radius 2 is 1.64 bits per heavy atom. The molecule has 4 aromatic carbocycles. The van der Waals surface area contributed by atoms with Gasteiger partial charge in [-0.05, 0) is 47.9 Å². The highest BCUT2D eigenvalue weighted by molar-refractivity contribution is 6.16. The number of benzene rings is 4. The van der Waals surface area contributed by atoms with Crippen molar-refractivity contribution in [2.75, 3.05) is 31.1 Å². The fraction of sp³-hybridized carbons (Fsp3) is 0.194. The highest BCUT2D eigenvalue weighted by Crippen LogP contribution is 2.35. The number of aromatic nitrogens is 1. The Morgan fingerprint density at radius 1 is 0.833 bits per heavy atom. The van der Waals surface area contributed by atoms with Gasteiger partial charge in [0.25, 0.3) is 5.91 Å². The standard InChI is InChI=1S/C31H30N4O/c1-21-6-5-9-23(16-21)24-17-27-26-11-10-25(19-29(26)33-30(27)28(18-24)31(32)36)35-14-12-34(13-15-35)20-22-7-3-2-4-8-22/h2-11,16-19,33H,12-15,20H2,1H3,(H2,32,36). The van der Waals surface area contributed by atoms with Crippen molar-refractivity contribution in [2.45, 2.75) is 13.5 Å². The molecule has 1 aliphatic heterocycles. The molecule has 0 spiro atoms. The minimum Gasteiger partial charge on any atom is -0.369 e. The number of aryl methyl sites for hydroxylation is 1. The van der Waals surface area contributed by atoms with Gasteiger partial charge in [-0.3, -0.25) is 9.69 Å². The number of rotatable bonds is 5. The number of nitrogens with one attached hydrogen (secondary N) is 1. The molecule has 1 fully saturated rings. The van der Waals surface area contributed by atoms with E-state index in [0.29, 0.717) is 5.56 Å². The Bertz CT molecular complexity index is 1560. The Kier molecular flexibility index (Phi) is 5.70. The van der Waals surface area contributed by atoms with Gasteiger partial charge in [-0.15, -0.1) is 0 Å². The summed E-state index contributed by atoms with van der Waals surface area (Å²) in [6, 6.07) is 29.6. The molecule has 0 radical (unpaired) electrons. The molecule has 36 heavy (non-hydrogen) atoms. The number of hydrogen-bond donors (Lipinski definition) is 2. The van der Waals surface area contributed by atoms with Crippen molar-refractivity contribution in [2.24, 2.45) is 5.73 Å². The van der Waals surface area contributed by atoms with Crippen LogP contribution in [-0.2, 0) is 6.54 Å². The van der Waals surface area contributed by atoms with E-state index in [1.807, 2.05) is 12.1 Å². The number of anilines is 1. The van der Waals surface area contributed by atoms with E-state index in [2.05, 4.69) is 94.5 Å². The number of amides is 1. The van der Waals surface area contributed by atoms with Gasteiger partial charge in [-0.1, -0.05) is 66.2 Å². The Hall–Kier alpha value is -4.09. The SMILES string of the molecule is Cc1cccc(-c2cc(C(N)=O)c3[nH]c4cc(N5CCN(Cc6ccccc6)CC5)ccc4c3c2)c1. The lowest BCUT2D eigenvalue weighted by Gasteiger charge is -2.36. The summed E-state index contributed by atoms with van der Waals surface area (Å²) in [6.07, 6.45) is 0. The van der Waals surface area contributed by atoms with Gasteiger partial charge in [0.15, 0.2) is 0 Å². The first-order valence-corrected chi connectivity index (χ1v) is 12.5. The minimum absolute atomic E-state index is 0.421. The second kappa shape index (κ2) is 9.17. The first-order chi connectivity index (χ1) is 17.5. The predicted molar refractivity (Wildman–Crippen MR) is 148 cm³/mol. The predicted octanol–water partition coefficient (Wildman–Crippen LogP) is 5.72. The smallest absolute Gasteiger partial charge is 0.250 e. The summed E-state index contributed by atoms with van der Waals surface area (Å²) in [5, 5.41) is 2.13. The second-order valence-corrected chi connectivity index (χ2v) is 9.78. The van der Waals surface area contributed by atoms with E-state index < -0.39 is 5.91 Å². The number of hydrogen-bond acceptors (Lipinski definition) is 3. The van der Waals surface area contributed by atoms with E-state index in [1.54, 1.807) is 0 Å². The van der Waals surface area contributed by atoms with Crippen molar-refractivity contribution >= 4 is 33.4 Å². The largest absolute Gasteiger partial charge is 0.369 e. The molecule has 5 nitrogen and oxygen atoms in total. The summed E-state index contributed by atoms with van der Waals surface area (Å²) in [4.78, 5) is 20.9. The Labute approximate surface area is 211 Å². The molecule has 0 saturated carbocycles. The third kappa shape index (κ3) is 4.23. The van der Waals surface area contributed by atoms with Crippen LogP contribution in [0.2, 0.25) is 0 Å². The molecule has 1 aliphatic rings. The average Bonchev–Trinajstić information content (AvgIpc) is 3.27. The molecule has 1 amide bonds. The average molecular weight is 475 g/mol. The number of carbonyl (C=O) groups excluding carboxylic acids is 1. The molecule has 0 atom stereocenters. The highest BCUT2D eigenvalue weighted by Gasteiger charge is 2.19. The van der Waals surface area contributed by atoms with Crippen LogP contribution in [0.4, 0.5) is 5.69 Å². The van der Waals surface area contributed by atoms with Crippen LogP contribution in [0.1, 0.15) is 21.5 Å². The number of H-pyrrole nitrogens is 1. The fourth-order valence-electron chi connectivity index (χ4n) is 5.38. The van der Waals surface area contributed by atoms with Gasteiger partial charge in [0.1, 0.15) is 0 Å². The number of fused-ring (bicyclic) bond motifs is 3. The molecular weight excluding hydrogens is 444 g/mol. The monoisotopic (exact) mass is 474 g/mol. The maximum Gasteiger partial charge on any atom is 0.250 e. The third-order valence-corrected chi connectivity index (χ3v) is 7.29. The molecule has 3 N–H and O–H groups in total. The van der Waals surface area contributed by atoms with Crippen molar-refractivity contribution in [3.05, 3.63) is 102 Å². The summed E-state index contributed by atoms with van der Waals surface area (Å²) >= 11 is 0. The summed E-state index contributed by atoms with van der Waals surface area (Å²) in [7, 11) is 0. The topological polar surface area (TPSA) is 65.4 Å². The highest BCUT2D eigenvalue weighted by atomic mass is 16.1. The van der Waals surface area contributed by atoms with E-state index in [-0.39, 0.29) is 0 Å². The maximum absolute atomic E-state index is 12.4. The Balaban J connectivity index is 1.31. The van der Waals surface area contributed by atoms with Gasteiger partial charge in [-0.25, -0.2) is 0 Å². The lowest BCUT2D eigenvalue weighted by molar-refractivity contribution is 0.100. The normalized spacial score (nSPS) is 14.5. The van der Waals surface area contributed by atoms with Crippen LogP contribution in [0.15, 0.2) is 84.9 Å². The van der Waals surface area contributed by atoms with E-state index in [0.717, 1.165) is 65.7 Å². The molecular formula is C31H30N4O. The van der Waals surface area contributed by atoms with Crippen LogP contribution in [0.3, 0.4) is 0 Å². The first kappa shape index (κ1) is 22.4. The summed E-state index contributed by atoms with van der Waals surface area (Å²) in [6.45, 7) is 7.11. The van der Waals surface area contributed by atoms with E-state index in [4.69, 9.17) is 5.73 Å². The zero-order valence-corrected chi connectivity index (χ0v) is 20.5. The zero-order chi connectivity index (χ0) is 24.6. The quantitative estimate of drug-likeness (QED) is 0.343. The zero-order valence-electron chi connectivity index (χ0n) is 20.5. The fourth-order valence-corrected chi connectivity index (χ4v) is 5.38. The maximum atomic E-state index is 12.4.